The highest BCUT2D eigenvalue weighted by molar-refractivity contribution is 5.86. The molecular formula is C26H29N7O. The molecule has 1 aliphatic heterocycles. The highest BCUT2D eigenvalue weighted by atomic mass is 16.2. The minimum absolute atomic E-state index is 0.0304. The summed E-state index contributed by atoms with van der Waals surface area (Å²) in [5.41, 5.74) is 2.97. The van der Waals surface area contributed by atoms with Crippen LogP contribution in [0.15, 0.2) is 73.2 Å². The first-order chi connectivity index (χ1) is 16.6. The molecule has 3 heterocycles. The topological polar surface area (TPSA) is 79.2 Å². The van der Waals surface area contributed by atoms with Gasteiger partial charge in [-0.15, -0.1) is 0 Å². The summed E-state index contributed by atoms with van der Waals surface area (Å²) in [7, 11) is 1.88. The molecule has 1 N–H and O–H groups in total. The molecule has 2 aromatic heterocycles. The quantitative estimate of drug-likeness (QED) is 0.482. The van der Waals surface area contributed by atoms with E-state index < -0.39 is 0 Å². The number of carbonyl (C=O) groups is 1. The minimum Gasteiger partial charge on any atom is -0.353 e. The monoisotopic (exact) mass is 455 g/mol. The van der Waals surface area contributed by atoms with Gasteiger partial charge in [-0.1, -0.05) is 60.7 Å². The largest absolute Gasteiger partial charge is 0.353 e. The molecule has 1 amide bonds. The van der Waals surface area contributed by atoms with Gasteiger partial charge in [0.25, 0.3) is 0 Å². The first-order valence-electron chi connectivity index (χ1n) is 11.6. The molecule has 4 aromatic rings. The van der Waals surface area contributed by atoms with Crippen LogP contribution in [0.5, 0.6) is 0 Å². The molecule has 0 radical (unpaired) electrons. The van der Waals surface area contributed by atoms with Crippen molar-refractivity contribution in [2.45, 2.75) is 19.0 Å². The third-order valence-electron chi connectivity index (χ3n) is 6.60. The fourth-order valence-corrected chi connectivity index (χ4v) is 4.60. The van der Waals surface area contributed by atoms with E-state index in [1.165, 1.54) is 0 Å². The Labute approximate surface area is 199 Å². The minimum atomic E-state index is -0.235. The van der Waals surface area contributed by atoms with Crippen LogP contribution in [-0.4, -0.2) is 62.8 Å². The van der Waals surface area contributed by atoms with E-state index in [0.717, 1.165) is 54.2 Å². The van der Waals surface area contributed by atoms with Gasteiger partial charge in [-0.3, -0.25) is 14.4 Å². The van der Waals surface area contributed by atoms with E-state index in [-0.39, 0.29) is 18.0 Å². The molecule has 8 heteroatoms. The lowest BCUT2D eigenvalue weighted by atomic mass is 9.98. The number of piperazine rings is 1. The molecule has 0 saturated carbocycles. The van der Waals surface area contributed by atoms with Gasteiger partial charge in [-0.2, -0.15) is 5.10 Å². The summed E-state index contributed by atoms with van der Waals surface area (Å²) in [6, 6.07) is 19.8. The van der Waals surface area contributed by atoms with E-state index in [1.54, 1.807) is 11.0 Å². The van der Waals surface area contributed by atoms with Crippen molar-refractivity contribution in [1.29, 1.82) is 0 Å². The van der Waals surface area contributed by atoms with Gasteiger partial charge in [-0.05, 0) is 18.1 Å². The first kappa shape index (κ1) is 22.0. The average Bonchev–Trinajstić information content (AvgIpc) is 3.28. The summed E-state index contributed by atoms with van der Waals surface area (Å²) < 4.78 is 1.76. The fraction of sp³-hybridized carbons (Fsp3) is 0.308. The van der Waals surface area contributed by atoms with Crippen molar-refractivity contribution < 1.29 is 4.79 Å². The van der Waals surface area contributed by atoms with E-state index >= 15 is 0 Å². The summed E-state index contributed by atoms with van der Waals surface area (Å²) in [6.45, 7) is 5.13. The Bertz CT molecular complexity index is 1210. The molecule has 1 saturated heterocycles. The second kappa shape index (κ2) is 9.61. The molecule has 1 atom stereocenters. The number of anilines is 1. The van der Waals surface area contributed by atoms with Crippen LogP contribution in [0, 0.1) is 0 Å². The molecule has 0 aliphatic carbocycles. The van der Waals surface area contributed by atoms with Gasteiger partial charge in [0, 0.05) is 33.2 Å². The van der Waals surface area contributed by atoms with Crippen LogP contribution in [0.1, 0.15) is 24.1 Å². The van der Waals surface area contributed by atoms with Crippen molar-refractivity contribution in [1.82, 2.24) is 30.0 Å². The zero-order chi connectivity index (χ0) is 23.5. The van der Waals surface area contributed by atoms with Crippen LogP contribution in [0.4, 0.5) is 5.82 Å². The zero-order valence-electron chi connectivity index (χ0n) is 19.5. The smallest absolute Gasteiger partial charge is 0.237 e. The Morgan fingerprint density at radius 2 is 1.53 bits per heavy atom. The molecule has 2 aromatic carbocycles. The van der Waals surface area contributed by atoms with Gasteiger partial charge < -0.3 is 10.2 Å². The maximum atomic E-state index is 13.3. The van der Waals surface area contributed by atoms with Gasteiger partial charge in [0.1, 0.15) is 12.1 Å². The number of rotatable bonds is 6. The Hall–Kier alpha value is -3.78. The van der Waals surface area contributed by atoms with E-state index in [1.807, 2.05) is 56.6 Å². The molecule has 1 unspecified atom stereocenters. The summed E-state index contributed by atoms with van der Waals surface area (Å²) in [5.74, 6) is 0.936. The van der Waals surface area contributed by atoms with Crippen LogP contribution in [0.3, 0.4) is 0 Å². The number of nitrogens with zero attached hydrogens (tertiary/aromatic N) is 6. The number of hydrogen-bond donors (Lipinski definition) is 1. The predicted octanol–water partition coefficient (Wildman–Crippen LogP) is 2.78. The van der Waals surface area contributed by atoms with Crippen molar-refractivity contribution in [3.8, 4) is 0 Å². The van der Waals surface area contributed by atoms with Crippen molar-refractivity contribution in [2.24, 2.45) is 7.05 Å². The number of carbonyl (C=O) groups excluding carboxylic acids is 1. The van der Waals surface area contributed by atoms with Crippen molar-refractivity contribution in [2.75, 3.05) is 31.1 Å². The number of benzene rings is 2. The maximum absolute atomic E-state index is 13.3. The van der Waals surface area contributed by atoms with Gasteiger partial charge in [0.2, 0.25) is 5.91 Å². The summed E-state index contributed by atoms with van der Waals surface area (Å²) in [6.07, 6.45) is 3.41. The number of fused-ring (bicyclic) bond motifs is 1. The van der Waals surface area contributed by atoms with Crippen LogP contribution in [0.2, 0.25) is 0 Å². The van der Waals surface area contributed by atoms with E-state index in [2.05, 4.69) is 54.4 Å². The standard InChI is InChI=1S/C26H29N7O/c1-19(26(34)30-23(20-9-5-3-6-10-20)21-11-7-4-8-12-21)32-13-15-33(16-14-32)25-22-17-29-31(2)24(22)27-18-28-25/h3-12,17-19,23H,13-16H2,1-2H3,(H,30,34). The van der Waals surface area contributed by atoms with E-state index in [9.17, 15) is 4.79 Å². The summed E-state index contributed by atoms with van der Waals surface area (Å²) in [4.78, 5) is 26.7. The normalized spacial score (nSPS) is 15.6. The third-order valence-corrected chi connectivity index (χ3v) is 6.60. The molecule has 1 aliphatic rings. The molecular weight excluding hydrogens is 426 g/mol. The summed E-state index contributed by atoms with van der Waals surface area (Å²) >= 11 is 0. The van der Waals surface area contributed by atoms with Crippen LogP contribution >= 0.6 is 0 Å². The predicted molar refractivity (Wildman–Crippen MR) is 132 cm³/mol. The first-order valence-corrected chi connectivity index (χ1v) is 11.6. The number of amides is 1. The van der Waals surface area contributed by atoms with E-state index in [4.69, 9.17) is 0 Å². The molecule has 174 valence electrons. The lowest BCUT2D eigenvalue weighted by Crippen LogP contribution is -2.54. The lowest BCUT2D eigenvalue weighted by molar-refractivity contribution is -0.126. The highest BCUT2D eigenvalue weighted by Gasteiger charge is 2.29. The van der Waals surface area contributed by atoms with Crippen LogP contribution < -0.4 is 10.2 Å². The fourth-order valence-electron chi connectivity index (χ4n) is 4.60. The molecule has 1 fully saturated rings. The molecule has 34 heavy (non-hydrogen) atoms. The number of aryl methyl sites for hydroxylation is 1. The number of aromatic nitrogens is 4. The second-order valence-corrected chi connectivity index (χ2v) is 8.66. The second-order valence-electron chi connectivity index (χ2n) is 8.66. The number of hydrogen-bond acceptors (Lipinski definition) is 6. The summed E-state index contributed by atoms with van der Waals surface area (Å²) in [5, 5.41) is 8.57. The van der Waals surface area contributed by atoms with Gasteiger partial charge in [-0.25, -0.2) is 9.97 Å². The zero-order valence-corrected chi connectivity index (χ0v) is 19.5. The molecule has 5 rings (SSSR count). The average molecular weight is 456 g/mol. The SMILES string of the molecule is CC(C(=O)NC(c1ccccc1)c1ccccc1)N1CCN(c2ncnc3c2cnn3C)CC1. The van der Waals surface area contributed by atoms with Crippen molar-refractivity contribution >= 4 is 22.8 Å². The maximum Gasteiger partial charge on any atom is 0.237 e. The molecule has 8 nitrogen and oxygen atoms in total. The Kier molecular flexibility index (Phi) is 6.22. The Balaban J connectivity index is 1.26. The van der Waals surface area contributed by atoms with Gasteiger partial charge in [0.05, 0.1) is 23.7 Å². The number of nitrogens with one attached hydrogen (secondary N) is 1. The highest BCUT2D eigenvalue weighted by Crippen LogP contribution is 2.25. The van der Waals surface area contributed by atoms with E-state index in [0.29, 0.717) is 0 Å². The van der Waals surface area contributed by atoms with Gasteiger partial charge in [0.15, 0.2) is 5.65 Å². The lowest BCUT2D eigenvalue weighted by Gasteiger charge is -2.38. The molecule has 0 spiro atoms. The third kappa shape index (κ3) is 4.36. The Morgan fingerprint density at radius 1 is 0.912 bits per heavy atom. The van der Waals surface area contributed by atoms with Crippen LogP contribution in [-0.2, 0) is 11.8 Å². The Morgan fingerprint density at radius 3 is 2.15 bits per heavy atom. The molecule has 0 bridgehead atoms. The van der Waals surface area contributed by atoms with Crippen LogP contribution in [0.25, 0.3) is 11.0 Å². The van der Waals surface area contributed by atoms with Crippen molar-refractivity contribution in [3.05, 3.63) is 84.3 Å². The van der Waals surface area contributed by atoms with Gasteiger partial charge >= 0.3 is 0 Å². The van der Waals surface area contributed by atoms with Crippen molar-refractivity contribution in [3.63, 3.8) is 0 Å².